The van der Waals surface area contributed by atoms with Crippen molar-refractivity contribution in [2.45, 2.75) is 13.5 Å². The van der Waals surface area contributed by atoms with Crippen molar-refractivity contribution in [3.8, 4) is 0 Å². The van der Waals surface area contributed by atoms with Crippen LogP contribution < -0.4 is 5.73 Å². The summed E-state index contributed by atoms with van der Waals surface area (Å²) in [5, 5.41) is 0.530. The molecule has 0 bridgehead atoms. The first kappa shape index (κ1) is 13.4. The molecule has 0 aliphatic carbocycles. The average Bonchev–Trinajstić information content (AvgIpc) is 2.21. The lowest BCUT2D eigenvalue weighted by Crippen LogP contribution is -2.32. The Labute approximate surface area is 105 Å². The Bertz CT molecular complexity index is 384. The number of halogens is 2. The normalized spacial score (nSPS) is 10.8. The fraction of sp³-hybridized carbons (Fsp3) is 0.364. The van der Waals surface area contributed by atoms with Gasteiger partial charge in [0, 0.05) is 23.7 Å². The summed E-state index contributed by atoms with van der Waals surface area (Å²) in [5.41, 5.74) is 6.02. The Morgan fingerprint density at radius 1 is 1.56 bits per heavy atom. The molecule has 1 aromatic rings. The monoisotopic (exact) mass is 260 g/mol. The number of likely N-dealkylation sites (N-methyl/N-ethyl adjacent to an activating group) is 1. The molecule has 0 unspecified atom stereocenters. The van der Waals surface area contributed by atoms with E-state index >= 15 is 0 Å². The second-order valence-electron chi connectivity index (χ2n) is 3.51. The molecule has 0 aliphatic rings. The van der Waals surface area contributed by atoms with Gasteiger partial charge in [-0.25, -0.2) is 4.39 Å². The van der Waals surface area contributed by atoms with Gasteiger partial charge in [-0.2, -0.15) is 0 Å². The van der Waals surface area contributed by atoms with Crippen molar-refractivity contribution in [2.24, 2.45) is 5.73 Å². The second-order valence-corrected chi connectivity index (χ2v) is 4.47. The molecule has 0 radical (unpaired) electrons. The highest BCUT2D eigenvalue weighted by molar-refractivity contribution is 7.80. The van der Waals surface area contributed by atoms with Crippen LogP contribution in [0.2, 0.25) is 5.02 Å². The van der Waals surface area contributed by atoms with Crippen LogP contribution in [0.5, 0.6) is 0 Å². The highest BCUT2D eigenvalue weighted by Gasteiger charge is 2.09. The van der Waals surface area contributed by atoms with Crippen molar-refractivity contribution < 1.29 is 4.39 Å². The van der Waals surface area contributed by atoms with Crippen molar-refractivity contribution in [2.75, 3.05) is 13.1 Å². The van der Waals surface area contributed by atoms with Gasteiger partial charge in [0.05, 0.1) is 4.99 Å². The van der Waals surface area contributed by atoms with E-state index in [0.717, 1.165) is 6.54 Å². The maximum absolute atomic E-state index is 13.5. The van der Waals surface area contributed by atoms with Gasteiger partial charge in [0.15, 0.2) is 0 Å². The zero-order valence-corrected chi connectivity index (χ0v) is 10.6. The van der Waals surface area contributed by atoms with Crippen molar-refractivity contribution in [1.29, 1.82) is 0 Å². The molecule has 0 fully saturated rings. The van der Waals surface area contributed by atoms with Crippen LogP contribution in [0.1, 0.15) is 12.5 Å². The number of nitrogens with two attached hydrogens (primary N) is 1. The Morgan fingerprint density at radius 2 is 2.25 bits per heavy atom. The molecule has 16 heavy (non-hydrogen) atoms. The smallest absolute Gasteiger partial charge is 0.127 e. The fourth-order valence-electron chi connectivity index (χ4n) is 1.41. The molecule has 0 saturated heterocycles. The molecule has 2 nitrogen and oxygen atoms in total. The summed E-state index contributed by atoms with van der Waals surface area (Å²) in [4.78, 5) is 2.36. The van der Waals surface area contributed by atoms with E-state index in [1.807, 2.05) is 11.8 Å². The molecule has 0 amide bonds. The Hall–Kier alpha value is -0.710. The summed E-state index contributed by atoms with van der Waals surface area (Å²) < 4.78 is 13.5. The van der Waals surface area contributed by atoms with E-state index in [4.69, 9.17) is 29.6 Å². The van der Waals surface area contributed by atoms with Gasteiger partial charge in [-0.05, 0) is 24.7 Å². The predicted octanol–water partition coefficient (Wildman–Crippen LogP) is 2.59. The summed E-state index contributed by atoms with van der Waals surface area (Å²) in [5.74, 6) is -0.259. The number of benzene rings is 1. The van der Waals surface area contributed by atoms with E-state index in [0.29, 0.717) is 28.7 Å². The zero-order valence-electron chi connectivity index (χ0n) is 9.04. The van der Waals surface area contributed by atoms with Crippen LogP contribution in [0.4, 0.5) is 4.39 Å². The Balaban J connectivity index is 2.77. The van der Waals surface area contributed by atoms with E-state index in [2.05, 4.69) is 0 Å². The molecule has 1 rings (SSSR count). The van der Waals surface area contributed by atoms with Gasteiger partial charge in [0.1, 0.15) is 5.82 Å². The first-order valence-corrected chi connectivity index (χ1v) is 5.76. The quantitative estimate of drug-likeness (QED) is 0.826. The van der Waals surface area contributed by atoms with Crippen molar-refractivity contribution in [1.82, 2.24) is 4.90 Å². The number of rotatable bonds is 5. The summed E-state index contributed by atoms with van der Waals surface area (Å²) in [6, 6.07) is 4.52. The van der Waals surface area contributed by atoms with Gasteiger partial charge in [-0.3, -0.25) is 4.90 Å². The largest absolute Gasteiger partial charge is 0.392 e. The molecule has 2 N–H and O–H groups in total. The molecule has 0 atom stereocenters. The van der Waals surface area contributed by atoms with E-state index in [1.54, 1.807) is 6.07 Å². The molecule has 5 heteroatoms. The molecule has 0 aromatic heterocycles. The molecule has 88 valence electrons. The second kappa shape index (κ2) is 6.13. The predicted molar refractivity (Wildman–Crippen MR) is 69.1 cm³/mol. The van der Waals surface area contributed by atoms with Crippen LogP contribution in [0.25, 0.3) is 0 Å². The van der Waals surface area contributed by atoms with Crippen molar-refractivity contribution in [3.05, 3.63) is 34.6 Å². The number of nitrogens with zero attached hydrogens (tertiary/aromatic N) is 1. The third kappa shape index (κ3) is 4.04. The average molecular weight is 261 g/mol. The topological polar surface area (TPSA) is 29.3 Å². The summed E-state index contributed by atoms with van der Waals surface area (Å²) >= 11 is 10.6. The minimum absolute atomic E-state index is 0.259. The fourth-order valence-corrected chi connectivity index (χ4v) is 1.78. The van der Waals surface area contributed by atoms with Crippen LogP contribution in [-0.2, 0) is 6.54 Å². The van der Waals surface area contributed by atoms with Crippen LogP contribution in [0, 0.1) is 5.82 Å². The maximum Gasteiger partial charge on any atom is 0.127 e. The number of thiocarbonyl (C=S) groups is 1. The van der Waals surface area contributed by atoms with Gasteiger partial charge in [0.2, 0.25) is 0 Å². The minimum Gasteiger partial charge on any atom is -0.392 e. The summed E-state index contributed by atoms with van der Waals surface area (Å²) in [6.07, 6.45) is 0. The van der Waals surface area contributed by atoms with Gasteiger partial charge in [-0.15, -0.1) is 0 Å². The van der Waals surface area contributed by atoms with E-state index in [9.17, 15) is 4.39 Å². The molecule has 0 spiro atoms. The van der Waals surface area contributed by atoms with Gasteiger partial charge in [-0.1, -0.05) is 30.7 Å². The van der Waals surface area contributed by atoms with Gasteiger partial charge in [0.25, 0.3) is 0 Å². The summed E-state index contributed by atoms with van der Waals surface area (Å²) in [6.45, 7) is 3.67. The lowest BCUT2D eigenvalue weighted by Gasteiger charge is -2.19. The van der Waals surface area contributed by atoms with Crippen molar-refractivity contribution in [3.63, 3.8) is 0 Å². The van der Waals surface area contributed by atoms with Crippen LogP contribution in [0.3, 0.4) is 0 Å². The lowest BCUT2D eigenvalue weighted by atomic mass is 10.2. The van der Waals surface area contributed by atoms with Gasteiger partial charge < -0.3 is 5.73 Å². The third-order valence-electron chi connectivity index (χ3n) is 2.23. The molecule has 1 aromatic carbocycles. The van der Waals surface area contributed by atoms with Gasteiger partial charge >= 0.3 is 0 Å². The van der Waals surface area contributed by atoms with E-state index in [1.165, 1.54) is 12.1 Å². The maximum atomic E-state index is 13.5. The first-order valence-electron chi connectivity index (χ1n) is 4.97. The highest BCUT2D eigenvalue weighted by atomic mass is 35.5. The molecular formula is C11H14ClFN2S. The first-order chi connectivity index (χ1) is 7.52. The zero-order chi connectivity index (χ0) is 12.1. The summed E-state index contributed by atoms with van der Waals surface area (Å²) in [7, 11) is 0. The number of hydrogen-bond donors (Lipinski definition) is 1. The van der Waals surface area contributed by atoms with Crippen molar-refractivity contribution >= 4 is 28.8 Å². The van der Waals surface area contributed by atoms with Crippen LogP contribution in [0.15, 0.2) is 18.2 Å². The highest BCUT2D eigenvalue weighted by Crippen LogP contribution is 2.16. The van der Waals surface area contributed by atoms with E-state index < -0.39 is 0 Å². The van der Waals surface area contributed by atoms with Crippen LogP contribution in [-0.4, -0.2) is 23.0 Å². The Kier molecular flexibility index (Phi) is 5.12. The number of hydrogen-bond acceptors (Lipinski definition) is 2. The standard InChI is InChI=1S/C11H14ClFN2S/c1-2-15(7-11(14)16)6-8-5-9(12)3-4-10(8)13/h3-5H,2,6-7H2,1H3,(H2,14,16). The molecular weight excluding hydrogens is 247 g/mol. The van der Waals surface area contributed by atoms with Crippen LogP contribution >= 0.6 is 23.8 Å². The minimum atomic E-state index is -0.259. The molecule has 0 saturated carbocycles. The third-order valence-corrected chi connectivity index (χ3v) is 2.59. The molecule has 0 aliphatic heterocycles. The molecule has 0 heterocycles. The van der Waals surface area contributed by atoms with E-state index in [-0.39, 0.29) is 5.82 Å². The SMILES string of the molecule is CCN(CC(N)=S)Cc1cc(Cl)ccc1F. The Morgan fingerprint density at radius 3 is 2.81 bits per heavy atom. The lowest BCUT2D eigenvalue weighted by molar-refractivity contribution is 0.315.